The Kier molecular flexibility index (Phi) is 11.8. The van der Waals surface area contributed by atoms with Crippen LogP contribution in [0, 0.1) is 23.2 Å². The van der Waals surface area contributed by atoms with Gasteiger partial charge in [-0.1, -0.05) is 19.9 Å². The van der Waals surface area contributed by atoms with Gasteiger partial charge in [0, 0.05) is 23.8 Å². The van der Waals surface area contributed by atoms with Crippen LogP contribution in [-0.4, -0.2) is 97.1 Å². The Morgan fingerprint density at radius 1 is 1.00 bits per heavy atom. The number of imidazole rings is 1. The standard InChI is InChI=1S/C26H33N3O3.C7H17NO5/c1-15(2)23-28-21(6-7-26-12-16-8-17(13-26)10-18(9-16)14-26)22(29-23)24(30)27-20-5-3-4-19(11-20)25(31)32;1-8-2-4(10)6(12)7(13)5(11)3-9/h3-5,11,15-18H,6-10,12-14H2,1-2H3,(H,27,30)(H,28,29)(H,31,32);4-13H,2-3H2,1H3/t;4-,5+,6+,7+/m.0/s1. The number of aliphatic hydroxyl groups excluding tert-OH is 5. The lowest BCUT2D eigenvalue weighted by Gasteiger charge is -2.57. The Morgan fingerprint density at radius 3 is 2.13 bits per heavy atom. The molecule has 2 aromatic rings. The minimum absolute atomic E-state index is 0.0936. The number of carboxylic acids is 1. The van der Waals surface area contributed by atoms with Crippen LogP contribution >= 0.6 is 0 Å². The molecule has 250 valence electrons. The van der Waals surface area contributed by atoms with Gasteiger partial charge in [-0.15, -0.1) is 0 Å². The van der Waals surface area contributed by atoms with Gasteiger partial charge in [-0.3, -0.25) is 4.79 Å². The Bertz CT molecular complexity index is 1260. The molecule has 1 amide bonds. The normalized spacial score (nSPS) is 26.1. The monoisotopic (exact) mass is 630 g/mol. The summed E-state index contributed by atoms with van der Waals surface area (Å²) in [7, 11) is 1.57. The number of anilines is 1. The summed E-state index contributed by atoms with van der Waals surface area (Å²) in [6, 6.07) is 6.33. The van der Waals surface area contributed by atoms with E-state index in [-0.39, 0.29) is 23.9 Å². The molecule has 12 nitrogen and oxygen atoms in total. The number of rotatable bonds is 13. The number of aromatic carboxylic acids is 1. The van der Waals surface area contributed by atoms with Gasteiger partial charge in [0.25, 0.3) is 5.91 Å². The van der Waals surface area contributed by atoms with Gasteiger partial charge < -0.3 is 46.3 Å². The lowest BCUT2D eigenvalue weighted by atomic mass is 9.48. The van der Waals surface area contributed by atoms with E-state index in [9.17, 15) is 19.8 Å². The molecule has 1 heterocycles. The van der Waals surface area contributed by atoms with Crippen LogP contribution in [0.1, 0.15) is 97.1 Å². The lowest BCUT2D eigenvalue weighted by Crippen LogP contribution is -2.48. The summed E-state index contributed by atoms with van der Waals surface area (Å²) >= 11 is 0. The molecule has 0 radical (unpaired) electrons. The largest absolute Gasteiger partial charge is 0.478 e. The molecule has 0 aliphatic heterocycles. The predicted molar refractivity (Wildman–Crippen MR) is 168 cm³/mol. The van der Waals surface area contributed by atoms with Gasteiger partial charge in [-0.2, -0.15) is 0 Å². The van der Waals surface area contributed by atoms with Gasteiger partial charge in [-0.25, -0.2) is 9.78 Å². The minimum Gasteiger partial charge on any atom is -0.478 e. The van der Waals surface area contributed by atoms with E-state index in [4.69, 9.17) is 20.4 Å². The van der Waals surface area contributed by atoms with E-state index in [1.165, 1.54) is 50.7 Å². The molecule has 6 rings (SSSR count). The second-order valence-corrected chi connectivity index (χ2v) is 13.7. The lowest BCUT2D eigenvalue weighted by molar-refractivity contribution is -0.113. The van der Waals surface area contributed by atoms with Crippen molar-refractivity contribution in [1.29, 1.82) is 0 Å². The van der Waals surface area contributed by atoms with Gasteiger partial charge in [0.05, 0.1) is 18.3 Å². The summed E-state index contributed by atoms with van der Waals surface area (Å²) in [5, 5.41) is 59.6. The molecule has 4 fully saturated rings. The Hall–Kier alpha value is -2.87. The highest BCUT2D eigenvalue weighted by atomic mass is 16.4. The number of aliphatic hydroxyl groups is 5. The summed E-state index contributed by atoms with van der Waals surface area (Å²) in [6.45, 7) is 3.57. The third-order valence-electron chi connectivity index (χ3n) is 9.74. The van der Waals surface area contributed by atoms with E-state index in [0.717, 1.165) is 42.1 Å². The molecular formula is C33H50N4O8. The molecule has 4 saturated carbocycles. The van der Waals surface area contributed by atoms with Crippen molar-refractivity contribution in [2.75, 3.05) is 25.5 Å². The molecule has 0 unspecified atom stereocenters. The summed E-state index contributed by atoms with van der Waals surface area (Å²) in [4.78, 5) is 32.5. The van der Waals surface area contributed by atoms with Crippen molar-refractivity contribution in [3.63, 3.8) is 0 Å². The highest BCUT2D eigenvalue weighted by Crippen LogP contribution is 2.61. The van der Waals surface area contributed by atoms with Crippen molar-refractivity contribution in [2.24, 2.45) is 23.2 Å². The summed E-state index contributed by atoms with van der Waals surface area (Å²) in [5.74, 6) is 2.48. The Morgan fingerprint density at radius 2 is 1.60 bits per heavy atom. The molecule has 4 aliphatic rings. The fraction of sp³-hybridized carbons (Fsp3) is 0.667. The first kappa shape index (κ1) is 35.0. The van der Waals surface area contributed by atoms with Crippen LogP contribution in [0.15, 0.2) is 24.3 Å². The average molecular weight is 631 g/mol. The Labute approximate surface area is 264 Å². The Balaban J connectivity index is 0.000000302. The number of hydrogen-bond donors (Lipinski definition) is 9. The van der Waals surface area contributed by atoms with Crippen LogP contribution in [0.25, 0.3) is 0 Å². The summed E-state index contributed by atoms with van der Waals surface area (Å²) < 4.78 is 0. The summed E-state index contributed by atoms with van der Waals surface area (Å²) in [6.07, 6.45) is 4.67. The van der Waals surface area contributed by atoms with Crippen LogP contribution in [-0.2, 0) is 6.42 Å². The number of carboxylic acid groups (broad SMARTS) is 1. The number of carbonyl (C=O) groups is 2. The van der Waals surface area contributed by atoms with Crippen molar-refractivity contribution < 1.29 is 40.2 Å². The fourth-order valence-electron chi connectivity index (χ4n) is 7.87. The number of benzene rings is 1. The number of aryl methyl sites for hydroxylation is 1. The van der Waals surface area contributed by atoms with Gasteiger partial charge in [0.2, 0.25) is 0 Å². The molecule has 4 atom stereocenters. The highest BCUT2D eigenvalue weighted by Gasteiger charge is 2.50. The van der Waals surface area contributed by atoms with Crippen molar-refractivity contribution in [3.05, 3.63) is 47.0 Å². The number of nitrogens with one attached hydrogen (secondary N) is 3. The third kappa shape index (κ3) is 8.69. The molecular weight excluding hydrogens is 580 g/mol. The van der Waals surface area contributed by atoms with Gasteiger partial charge >= 0.3 is 5.97 Å². The smallest absolute Gasteiger partial charge is 0.335 e. The van der Waals surface area contributed by atoms with Crippen LogP contribution in [0.2, 0.25) is 0 Å². The molecule has 9 N–H and O–H groups in total. The maximum absolute atomic E-state index is 13.1. The zero-order chi connectivity index (χ0) is 32.9. The second kappa shape index (κ2) is 15.1. The van der Waals surface area contributed by atoms with Crippen molar-refractivity contribution in [2.45, 2.75) is 95.5 Å². The second-order valence-electron chi connectivity index (χ2n) is 13.7. The molecule has 4 bridgehead atoms. The molecule has 4 aliphatic carbocycles. The first-order valence-electron chi connectivity index (χ1n) is 16.1. The number of aromatic nitrogens is 2. The first-order chi connectivity index (χ1) is 21.3. The topological polar surface area (TPSA) is 208 Å². The van der Waals surface area contributed by atoms with Crippen LogP contribution in [0.5, 0.6) is 0 Å². The van der Waals surface area contributed by atoms with Crippen molar-refractivity contribution in [1.82, 2.24) is 15.3 Å². The van der Waals surface area contributed by atoms with E-state index in [0.29, 0.717) is 16.8 Å². The number of aromatic amines is 1. The number of likely N-dealkylation sites (N-methyl/N-ethyl adjacent to an activating group) is 1. The number of nitrogens with zero attached hydrogens (tertiary/aromatic N) is 1. The van der Waals surface area contributed by atoms with Gasteiger partial charge in [-0.05, 0) is 99.8 Å². The fourth-order valence-corrected chi connectivity index (χ4v) is 7.87. The van der Waals surface area contributed by atoms with Crippen molar-refractivity contribution in [3.8, 4) is 0 Å². The molecule has 45 heavy (non-hydrogen) atoms. The number of carbonyl (C=O) groups excluding carboxylic acids is 1. The first-order valence-corrected chi connectivity index (χ1v) is 16.1. The molecule has 1 aromatic carbocycles. The van der Waals surface area contributed by atoms with E-state index in [1.807, 2.05) is 0 Å². The van der Waals surface area contributed by atoms with Gasteiger partial charge in [0.15, 0.2) is 0 Å². The van der Waals surface area contributed by atoms with Crippen LogP contribution in [0.3, 0.4) is 0 Å². The maximum Gasteiger partial charge on any atom is 0.335 e. The SMILES string of the molecule is CC(C)c1nc(C(=O)Nc2cccc(C(=O)O)c2)c(CCC23CC4CC(CC(C4)C2)C3)[nH]1.CNC[C@H](O)[C@@H](O)[C@H](O)[C@H](O)CO. The van der Waals surface area contributed by atoms with E-state index in [1.54, 1.807) is 19.2 Å². The van der Waals surface area contributed by atoms with Crippen molar-refractivity contribution >= 4 is 17.6 Å². The molecule has 12 heteroatoms. The van der Waals surface area contributed by atoms with Crippen LogP contribution < -0.4 is 10.6 Å². The third-order valence-corrected chi connectivity index (χ3v) is 9.74. The molecule has 0 saturated heterocycles. The maximum atomic E-state index is 13.1. The van der Waals surface area contributed by atoms with E-state index >= 15 is 0 Å². The zero-order valence-corrected chi connectivity index (χ0v) is 26.4. The average Bonchev–Trinajstić information content (AvgIpc) is 3.44. The van der Waals surface area contributed by atoms with Gasteiger partial charge in [0.1, 0.15) is 29.8 Å². The highest BCUT2D eigenvalue weighted by molar-refractivity contribution is 6.04. The molecule has 1 aromatic heterocycles. The quantitative estimate of drug-likeness (QED) is 0.158. The minimum atomic E-state index is -1.55. The van der Waals surface area contributed by atoms with E-state index in [2.05, 4.69) is 34.4 Å². The summed E-state index contributed by atoms with van der Waals surface area (Å²) in [5.41, 5.74) is 2.42. The number of H-pyrrole nitrogens is 1. The van der Waals surface area contributed by atoms with Crippen LogP contribution in [0.4, 0.5) is 5.69 Å². The van der Waals surface area contributed by atoms with E-state index < -0.39 is 37.0 Å². The zero-order valence-electron chi connectivity index (χ0n) is 26.4. The number of hydrogen-bond acceptors (Lipinski definition) is 9. The number of amides is 1. The predicted octanol–water partition coefficient (Wildman–Crippen LogP) is 2.27. The molecule has 0 spiro atoms.